The summed E-state index contributed by atoms with van der Waals surface area (Å²) in [6.45, 7) is 0.237. The highest BCUT2D eigenvalue weighted by Gasteiger charge is 2.26. The molecule has 1 heterocycles. The van der Waals surface area contributed by atoms with Crippen LogP contribution in [-0.4, -0.2) is 22.7 Å². The first kappa shape index (κ1) is 10.9. The number of hydrogen-bond donors (Lipinski definition) is 2. The van der Waals surface area contributed by atoms with Crippen LogP contribution < -0.4 is 5.32 Å². The molecule has 1 fully saturated rings. The molecule has 1 saturated carbocycles. The summed E-state index contributed by atoms with van der Waals surface area (Å²) in [4.78, 5) is 4.00. The molecule has 1 aliphatic rings. The number of nitrogens with one attached hydrogen (secondary N) is 1. The second kappa shape index (κ2) is 4.95. The van der Waals surface area contributed by atoms with Crippen LogP contribution in [0.5, 0.6) is 0 Å². The summed E-state index contributed by atoms with van der Waals surface area (Å²) in [7, 11) is 0. The zero-order valence-corrected chi connectivity index (χ0v) is 9.06. The molecule has 4 nitrogen and oxygen atoms in total. The van der Waals surface area contributed by atoms with Crippen LogP contribution in [0.15, 0.2) is 18.3 Å². The maximum Gasteiger partial charge on any atom is 0.140 e. The monoisotopic (exact) mass is 217 g/mol. The highest BCUT2D eigenvalue weighted by Crippen LogP contribution is 2.27. The van der Waals surface area contributed by atoms with E-state index in [9.17, 15) is 5.11 Å². The van der Waals surface area contributed by atoms with E-state index >= 15 is 0 Å². The highest BCUT2D eigenvalue weighted by atomic mass is 16.3. The van der Waals surface area contributed by atoms with E-state index in [2.05, 4.69) is 10.3 Å². The average molecular weight is 217 g/mol. The molecule has 4 heteroatoms. The molecule has 0 aromatic carbocycles. The van der Waals surface area contributed by atoms with Crippen molar-refractivity contribution in [2.75, 3.05) is 11.9 Å². The number of pyridine rings is 1. The predicted molar refractivity (Wildman–Crippen MR) is 60.8 cm³/mol. The van der Waals surface area contributed by atoms with Gasteiger partial charge in [-0.2, -0.15) is 5.26 Å². The van der Waals surface area contributed by atoms with Crippen molar-refractivity contribution in [3.63, 3.8) is 0 Å². The Labute approximate surface area is 94.9 Å². The van der Waals surface area contributed by atoms with Crippen LogP contribution in [0.25, 0.3) is 0 Å². The predicted octanol–water partition coefficient (Wildman–Crippen LogP) is 1.53. The number of nitrogens with zero attached hydrogens (tertiary/aromatic N) is 2. The van der Waals surface area contributed by atoms with Crippen LogP contribution in [0.2, 0.25) is 0 Å². The largest absolute Gasteiger partial charge is 0.396 e. The molecule has 1 aromatic rings. The first-order chi connectivity index (χ1) is 7.83. The smallest absolute Gasteiger partial charge is 0.140 e. The van der Waals surface area contributed by atoms with E-state index in [0.717, 1.165) is 24.9 Å². The van der Waals surface area contributed by atoms with Crippen LogP contribution in [0.3, 0.4) is 0 Å². The van der Waals surface area contributed by atoms with Gasteiger partial charge in [-0.05, 0) is 25.0 Å². The Kier molecular flexibility index (Phi) is 3.37. The fourth-order valence-electron chi connectivity index (χ4n) is 2.20. The molecule has 0 amide bonds. The van der Waals surface area contributed by atoms with Crippen molar-refractivity contribution in [3.05, 3.63) is 24.0 Å². The molecule has 0 bridgehead atoms. The van der Waals surface area contributed by atoms with Crippen molar-refractivity contribution in [2.24, 2.45) is 5.92 Å². The molecule has 2 atom stereocenters. The molecule has 1 aromatic heterocycles. The van der Waals surface area contributed by atoms with Gasteiger partial charge >= 0.3 is 0 Å². The third kappa shape index (κ3) is 2.31. The molecule has 0 aliphatic heterocycles. The average Bonchev–Trinajstić information content (AvgIpc) is 2.77. The van der Waals surface area contributed by atoms with Gasteiger partial charge in [0.05, 0.1) is 11.9 Å². The van der Waals surface area contributed by atoms with Gasteiger partial charge in [-0.15, -0.1) is 0 Å². The van der Waals surface area contributed by atoms with E-state index in [1.54, 1.807) is 12.3 Å². The number of aromatic nitrogens is 1. The summed E-state index contributed by atoms with van der Waals surface area (Å²) in [5.41, 5.74) is 1.35. The standard InChI is InChI=1S/C12H15N3O/c13-6-10-4-5-11(7-14-10)15-12-3-1-2-9(12)8-16/h4-5,7,9,12,15-16H,1-3,8H2/t9-,12-/m1/s1. The lowest BCUT2D eigenvalue weighted by Gasteiger charge is -2.19. The summed E-state index contributed by atoms with van der Waals surface area (Å²) in [5.74, 6) is 0.343. The number of aliphatic hydroxyl groups excluding tert-OH is 1. The molecule has 1 aliphatic carbocycles. The molecule has 0 spiro atoms. The zero-order valence-electron chi connectivity index (χ0n) is 9.06. The van der Waals surface area contributed by atoms with Gasteiger partial charge in [0, 0.05) is 18.6 Å². The fourth-order valence-corrected chi connectivity index (χ4v) is 2.20. The van der Waals surface area contributed by atoms with Gasteiger partial charge in [0.15, 0.2) is 0 Å². The van der Waals surface area contributed by atoms with Crippen LogP contribution in [-0.2, 0) is 0 Å². The van der Waals surface area contributed by atoms with Gasteiger partial charge in [-0.25, -0.2) is 4.98 Å². The quantitative estimate of drug-likeness (QED) is 0.805. The third-order valence-corrected chi connectivity index (χ3v) is 3.12. The lowest BCUT2D eigenvalue weighted by atomic mass is 10.1. The Bertz CT molecular complexity index is 382. The number of rotatable bonds is 3. The van der Waals surface area contributed by atoms with E-state index in [0.29, 0.717) is 17.7 Å². The van der Waals surface area contributed by atoms with Crippen LogP contribution in [0, 0.1) is 17.2 Å². The van der Waals surface area contributed by atoms with Crippen LogP contribution in [0.4, 0.5) is 5.69 Å². The summed E-state index contributed by atoms with van der Waals surface area (Å²) < 4.78 is 0. The second-order valence-corrected chi connectivity index (χ2v) is 4.17. The van der Waals surface area contributed by atoms with E-state index in [4.69, 9.17) is 5.26 Å². The minimum absolute atomic E-state index is 0.237. The van der Waals surface area contributed by atoms with Crippen molar-refractivity contribution < 1.29 is 5.11 Å². The van der Waals surface area contributed by atoms with Crippen molar-refractivity contribution >= 4 is 5.69 Å². The van der Waals surface area contributed by atoms with Gasteiger partial charge in [0.2, 0.25) is 0 Å². The number of anilines is 1. The molecule has 0 saturated heterocycles. The van der Waals surface area contributed by atoms with Crippen molar-refractivity contribution in [2.45, 2.75) is 25.3 Å². The highest BCUT2D eigenvalue weighted by molar-refractivity contribution is 5.43. The van der Waals surface area contributed by atoms with Crippen molar-refractivity contribution in [3.8, 4) is 6.07 Å². The summed E-state index contributed by atoms with van der Waals surface area (Å²) >= 11 is 0. The molecule has 16 heavy (non-hydrogen) atoms. The van der Waals surface area contributed by atoms with Crippen LogP contribution >= 0.6 is 0 Å². The maximum absolute atomic E-state index is 9.20. The molecule has 0 radical (unpaired) electrons. The van der Waals surface area contributed by atoms with E-state index in [-0.39, 0.29) is 6.61 Å². The van der Waals surface area contributed by atoms with Gasteiger partial charge in [-0.3, -0.25) is 0 Å². The Morgan fingerprint density at radius 2 is 2.38 bits per heavy atom. The summed E-state index contributed by atoms with van der Waals surface area (Å²) in [6.07, 6.45) is 5.00. The molecule has 84 valence electrons. The van der Waals surface area contributed by atoms with E-state index in [1.165, 1.54) is 0 Å². The summed E-state index contributed by atoms with van der Waals surface area (Å²) in [5, 5.41) is 21.2. The number of aliphatic hydroxyl groups is 1. The van der Waals surface area contributed by atoms with Crippen molar-refractivity contribution in [1.82, 2.24) is 4.98 Å². The minimum atomic E-state index is 0.237. The first-order valence-corrected chi connectivity index (χ1v) is 5.57. The topological polar surface area (TPSA) is 68.9 Å². The molecular weight excluding hydrogens is 202 g/mol. The zero-order chi connectivity index (χ0) is 11.4. The van der Waals surface area contributed by atoms with Gasteiger partial charge < -0.3 is 10.4 Å². The summed E-state index contributed by atoms with van der Waals surface area (Å²) in [6, 6.07) is 5.88. The van der Waals surface area contributed by atoms with Gasteiger partial charge in [0.25, 0.3) is 0 Å². The third-order valence-electron chi connectivity index (χ3n) is 3.12. The van der Waals surface area contributed by atoms with Gasteiger partial charge in [-0.1, -0.05) is 6.42 Å². The molecule has 2 N–H and O–H groups in total. The lowest BCUT2D eigenvalue weighted by Crippen LogP contribution is -2.26. The molecular formula is C12H15N3O. The number of nitriles is 1. The first-order valence-electron chi connectivity index (χ1n) is 5.57. The SMILES string of the molecule is N#Cc1ccc(N[C@@H]2CCC[C@@H]2CO)cn1. The number of hydrogen-bond acceptors (Lipinski definition) is 4. The molecule has 0 unspecified atom stereocenters. The van der Waals surface area contributed by atoms with Crippen molar-refractivity contribution in [1.29, 1.82) is 5.26 Å². The molecule has 2 rings (SSSR count). The Balaban J connectivity index is 2.00. The Hall–Kier alpha value is -1.60. The Morgan fingerprint density at radius 1 is 1.50 bits per heavy atom. The lowest BCUT2D eigenvalue weighted by molar-refractivity contribution is 0.222. The van der Waals surface area contributed by atoms with E-state index in [1.807, 2.05) is 12.1 Å². The van der Waals surface area contributed by atoms with E-state index < -0.39 is 0 Å². The maximum atomic E-state index is 9.20. The fraction of sp³-hybridized carbons (Fsp3) is 0.500. The van der Waals surface area contributed by atoms with Crippen LogP contribution in [0.1, 0.15) is 25.0 Å². The second-order valence-electron chi connectivity index (χ2n) is 4.17. The van der Waals surface area contributed by atoms with Gasteiger partial charge in [0.1, 0.15) is 11.8 Å². The Morgan fingerprint density at radius 3 is 3.00 bits per heavy atom. The minimum Gasteiger partial charge on any atom is -0.396 e. The normalized spacial score (nSPS) is 24.0.